The fraction of sp³-hybridized carbons (Fsp3) is 0.0833. The van der Waals surface area contributed by atoms with Gasteiger partial charge in [-0.05, 0) is 52.6 Å². The van der Waals surface area contributed by atoms with Crippen molar-refractivity contribution in [1.29, 1.82) is 0 Å². The molecule has 3 heterocycles. The van der Waals surface area contributed by atoms with Gasteiger partial charge in [-0.15, -0.1) is 0 Å². The van der Waals surface area contributed by atoms with E-state index < -0.39 is 0 Å². The van der Waals surface area contributed by atoms with E-state index in [1.807, 2.05) is 23.0 Å². The van der Waals surface area contributed by atoms with Crippen LogP contribution in [0.25, 0.3) is 28.0 Å². The Morgan fingerprint density at radius 2 is 1.86 bits per heavy atom. The normalized spacial score (nSPS) is 11.0. The fourth-order valence-corrected chi connectivity index (χ4v) is 4.17. The van der Waals surface area contributed by atoms with Crippen molar-refractivity contribution in [2.45, 2.75) is 6.42 Å². The Kier molecular flexibility index (Phi) is 4.80. The molecular formula is C24H20N4S. The van der Waals surface area contributed by atoms with Gasteiger partial charge in [-0.1, -0.05) is 42.5 Å². The third-order valence-corrected chi connectivity index (χ3v) is 5.66. The molecule has 0 aliphatic rings. The molecular weight excluding hydrogens is 376 g/mol. The van der Waals surface area contributed by atoms with E-state index in [0.717, 1.165) is 46.7 Å². The summed E-state index contributed by atoms with van der Waals surface area (Å²) >= 11 is 1.68. The summed E-state index contributed by atoms with van der Waals surface area (Å²) < 4.78 is 1.93. The topological polar surface area (TPSA) is 42.2 Å². The maximum Gasteiger partial charge on any atom is 0.163 e. The SMILES string of the molecule is c1ccc(CCNc2cccc(-c3ccnc4c(-c5ccsc5)cnn34)c2)cc1. The molecule has 3 aromatic heterocycles. The predicted molar refractivity (Wildman–Crippen MR) is 120 cm³/mol. The largest absolute Gasteiger partial charge is 0.385 e. The van der Waals surface area contributed by atoms with Gasteiger partial charge in [-0.3, -0.25) is 0 Å². The number of nitrogens with one attached hydrogen (secondary N) is 1. The number of benzene rings is 2. The zero-order valence-corrected chi connectivity index (χ0v) is 16.6. The number of hydrogen-bond acceptors (Lipinski definition) is 4. The van der Waals surface area contributed by atoms with Gasteiger partial charge in [0, 0.05) is 29.6 Å². The van der Waals surface area contributed by atoms with Crippen LogP contribution in [0.2, 0.25) is 0 Å². The molecule has 5 heteroatoms. The average Bonchev–Trinajstić information content (AvgIpc) is 3.44. The first-order chi connectivity index (χ1) is 14.4. The average molecular weight is 397 g/mol. The molecule has 0 amide bonds. The number of thiophene rings is 1. The summed E-state index contributed by atoms with van der Waals surface area (Å²) in [6.07, 6.45) is 4.75. The Balaban J connectivity index is 1.41. The molecule has 5 rings (SSSR count). The summed E-state index contributed by atoms with van der Waals surface area (Å²) in [5, 5.41) is 12.4. The smallest absolute Gasteiger partial charge is 0.163 e. The molecule has 1 N–H and O–H groups in total. The van der Waals surface area contributed by atoms with Crippen LogP contribution in [0.4, 0.5) is 5.69 Å². The Hall–Kier alpha value is -3.44. The zero-order valence-electron chi connectivity index (χ0n) is 15.8. The van der Waals surface area contributed by atoms with E-state index in [-0.39, 0.29) is 0 Å². The predicted octanol–water partition coefficient (Wildman–Crippen LogP) is 5.78. The molecule has 142 valence electrons. The molecule has 0 aliphatic heterocycles. The highest BCUT2D eigenvalue weighted by Crippen LogP contribution is 2.29. The van der Waals surface area contributed by atoms with Crippen LogP contribution in [0.5, 0.6) is 0 Å². The number of anilines is 1. The second kappa shape index (κ2) is 7.89. The zero-order chi connectivity index (χ0) is 19.5. The quantitative estimate of drug-likeness (QED) is 0.396. The maximum absolute atomic E-state index is 4.62. The van der Waals surface area contributed by atoms with Gasteiger partial charge >= 0.3 is 0 Å². The molecule has 29 heavy (non-hydrogen) atoms. The number of hydrogen-bond donors (Lipinski definition) is 1. The van der Waals surface area contributed by atoms with Crippen molar-refractivity contribution in [3.63, 3.8) is 0 Å². The van der Waals surface area contributed by atoms with E-state index in [9.17, 15) is 0 Å². The lowest BCUT2D eigenvalue weighted by Gasteiger charge is -2.10. The van der Waals surface area contributed by atoms with Gasteiger partial charge in [0.05, 0.1) is 11.9 Å². The number of aromatic nitrogens is 3. The number of rotatable bonds is 6. The summed E-state index contributed by atoms with van der Waals surface area (Å²) in [5.74, 6) is 0. The minimum atomic E-state index is 0.878. The molecule has 0 atom stereocenters. The van der Waals surface area contributed by atoms with Gasteiger partial charge in [-0.2, -0.15) is 16.4 Å². The highest BCUT2D eigenvalue weighted by Gasteiger charge is 2.12. The lowest BCUT2D eigenvalue weighted by atomic mass is 10.1. The molecule has 2 aromatic carbocycles. The van der Waals surface area contributed by atoms with Crippen LogP contribution in [0.15, 0.2) is 89.9 Å². The minimum Gasteiger partial charge on any atom is -0.385 e. The summed E-state index contributed by atoms with van der Waals surface area (Å²) in [5.41, 5.74) is 7.68. The fourth-order valence-electron chi connectivity index (χ4n) is 3.52. The summed E-state index contributed by atoms with van der Waals surface area (Å²) in [7, 11) is 0. The van der Waals surface area contributed by atoms with Crippen molar-refractivity contribution in [2.75, 3.05) is 11.9 Å². The van der Waals surface area contributed by atoms with Crippen LogP contribution in [0, 0.1) is 0 Å². The summed E-state index contributed by atoms with van der Waals surface area (Å²) in [4.78, 5) is 4.58. The van der Waals surface area contributed by atoms with Crippen LogP contribution in [0.1, 0.15) is 5.56 Å². The van der Waals surface area contributed by atoms with Crippen LogP contribution in [0.3, 0.4) is 0 Å². The van der Waals surface area contributed by atoms with Crippen LogP contribution >= 0.6 is 11.3 Å². The molecule has 0 radical (unpaired) electrons. The molecule has 0 saturated carbocycles. The highest BCUT2D eigenvalue weighted by molar-refractivity contribution is 7.08. The minimum absolute atomic E-state index is 0.878. The van der Waals surface area contributed by atoms with E-state index in [1.54, 1.807) is 11.3 Å². The van der Waals surface area contributed by atoms with Gasteiger partial charge < -0.3 is 5.32 Å². The maximum atomic E-state index is 4.62. The standard InChI is InChI=1S/C24H20N4S/c1-2-5-18(6-3-1)9-12-25-21-8-4-7-19(15-21)23-10-13-26-24-22(16-27-28(23)24)20-11-14-29-17-20/h1-8,10-11,13-17,25H,9,12H2. The van der Waals surface area contributed by atoms with Crippen molar-refractivity contribution in [3.8, 4) is 22.4 Å². The molecule has 0 fully saturated rings. The second-order valence-electron chi connectivity index (χ2n) is 6.88. The Labute approximate surface area is 173 Å². The first kappa shape index (κ1) is 17.6. The molecule has 0 unspecified atom stereocenters. The first-order valence-corrected chi connectivity index (χ1v) is 10.6. The van der Waals surface area contributed by atoms with Crippen molar-refractivity contribution in [1.82, 2.24) is 14.6 Å². The second-order valence-corrected chi connectivity index (χ2v) is 7.66. The van der Waals surface area contributed by atoms with Crippen molar-refractivity contribution in [3.05, 3.63) is 95.4 Å². The third-order valence-electron chi connectivity index (χ3n) is 4.98. The van der Waals surface area contributed by atoms with Crippen molar-refractivity contribution in [2.24, 2.45) is 0 Å². The van der Waals surface area contributed by atoms with Gasteiger partial charge in [0.15, 0.2) is 5.65 Å². The Bertz CT molecular complexity index is 1230. The Morgan fingerprint density at radius 1 is 0.931 bits per heavy atom. The number of fused-ring (bicyclic) bond motifs is 1. The monoisotopic (exact) mass is 396 g/mol. The van der Waals surface area contributed by atoms with Gasteiger partial charge in [0.2, 0.25) is 0 Å². The molecule has 0 bridgehead atoms. The van der Waals surface area contributed by atoms with E-state index in [4.69, 9.17) is 0 Å². The van der Waals surface area contributed by atoms with Gasteiger partial charge in [0.1, 0.15) is 0 Å². The third kappa shape index (κ3) is 3.65. The van der Waals surface area contributed by atoms with Gasteiger partial charge in [-0.25, -0.2) is 9.50 Å². The van der Waals surface area contributed by atoms with Crippen molar-refractivity contribution >= 4 is 22.7 Å². The van der Waals surface area contributed by atoms with Gasteiger partial charge in [0.25, 0.3) is 0 Å². The molecule has 0 aliphatic carbocycles. The van der Waals surface area contributed by atoms with E-state index in [1.165, 1.54) is 5.56 Å². The molecule has 0 spiro atoms. The molecule has 0 saturated heterocycles. The summed E-state index contributed by atoms with van der Waals surface area (Å²) in [6.45, 7) is 0.892. The van der Waals surface area contributed by atoms with E-state index in [0.29, 0.717) is 0 Å². The van der Waals surface area contributed by atoms with Crippen molar-refractivity contribution < 1.29 is 0 Å². The molecule has 4 nitrogen and oxygen atoms in total. The summed E-state index contributed by atoms with van der Waals surface area (Å²) in [6, 6.07) is 23.1. The highest BCUT2D eigenvalue weighted by atomic mass is 32.1. The Morgan fingerprint density at radius 3 is 2.72 bits per heavy atom. The van der Waals surface area contributed by atoms with E-state index >= 15 is 0 Å². The number of nitrogens with zero attached hydrogens (tertiary/aromatic N) is 3. The van der Waals surface area contributed by atoms with Crippen LogP contribution in [-0.4, -0.2) is 21.1 Å². The lowest BCUT2D eigenvalue weighted by Crippen LogP contribution is -2.05. The van der Waals surface area contributed by atoms with Crippen LogP contribution in [-0.2, 0) is 6.42 Å². The first-order valence-electron chi connectivity index (χ1n) is 9.62. The lowest BCUT2D eigenvalue weighted by molar-refractivity contribution is 0.948. The van der Waals surface area contributed by atoms with E-state index in [2.05, 4.69) is 86.8 Å². The van der Waals surface area contributed by atoms with Crippen LogP contribution < -0.4 is 5.32 Å². The molecule has 5 aromatic rings.